The van der Waals surface area contributed by atoms with Crippen LogP contribution in [0.15, 0.2) is 36.5 Å². The van der Waals surface area contributed by atoms with Gasteiger partial charge in [-0.3, -0.25) is 9.78 Å². The van der Waals surface area contributed by atoms with Crippen LogP contribution in [0.2, 0.25) is 0 Å². The van der Waals surface area contributed by atoms with Gasteiger partial charge < -0.3 is 11.1 Å². The number of carbonyl (C=O) groups is 1. The lowest BCUT2D eigenvalue weighted by molar-refractivity contribution is -0.124. The molecule has 0 saturated carbocycles. The van der Waals surface area contributed by atoms with E-state index >= 15 is 0 Å². The third-order valence-electron chi connectivity index (χ3n) is 3.70. The van der Waals surface area contributed by atoms with Crippen LogP contribution in [0.25, 0.3) is 10.9 Å². The largest absolute Gasteiger partial charge is 0.356 e. The van der Waals surface area contributed by atoms with Gasteiger partial charge in [-0.2, -0.15) is 0 Å². The highest BCUT2D eigenvalue weighted by Crippen LogP contribution is 2.16. The summed E-state index contributed by atoms with van der Waals surface area (Å²) in [5.41, 5.74) is 7.66. The minimum Gasteiger partial charge on any atom is -0.356 e. The van der Waals surface area contributed by atoms with Gasteiger partial charge in [0.1, 0.15) is 0 Å². The predicted molar refractivity (Wildman–Crippen MR) is 85.9 cm³/mol. The van der Waals surface area contributed by atoms with E-state index < -0.39 is 0 Å². The van der Waals surface area contributed by atoms with Gasteiger partial charge in [0.2, 0.25) is 5.91 Å². The van der Waals surface area contributed by atoms with Crippen molar-refractivity contribution < 1.29 is 4.79 Å². The lowest BCUT2D eigenvalue weighted by Gasteiger charge is -2.12. The Kier molecular flexibility index (Phi) is 5.69. The summed E-state index contributed by atoms with van der Waals surface area (Å²) in [4.78, 5) is 16.4. The predicted octanol–water partition coefficient (Wildman–Crippen LogP) is 2.27. The Morgan fingerprint density at radius 3 is 2.95 bits per heavy atom. The summed E-state index contributed by atoms with van der Waals surface area (Å²) in [5, 5.41) is 4.13. The second-order valence-electron chi connectivity index (χ2n) is 5.37. The molecule has 21 heavy (non-hydrogen) atoms. The molecule has 0 fully saturated rings. The number of pyridine rings is 1. The molecule has 112 valence electrons. The van der Waals surface area contributed by atoms with Crippen LogP contribution in [0.4, 0.5) is 0 Å². The molecule has 0 aliphatic rings. The summed E-state index contributed by atoms with van der Waals surface area (Å²) in [7, 11) is 0. The van der Waals surface area contributed by atoms with Crippen molar-refractivity contribution in [2.45, 2.75) is 26.2 Å². The summed E-state index contributed by atoms with van der Waals surface area (Å²) in [6, 6.07) is 10.1. The lowest BCUT2D eigenvalue weighted by Crippen LogP contribution is -2.31. The maximum Gasteiger partial charge on any atom is 0.222 e. The van der Waals surface area contributed by atoms with E-state index in [0.717, 1.165) is 30.2 Å². The van der Waals surface area contributed by atoms with E-state index in [2.05, 4.69) is 28.5 Å². The zero-order valence-corrected chi connectivity index (χ0v) is 12.5. The molecule has 2 aromatic rings. The van der Waals surface area contributed by atoms with Gasteiger partial charge in [0.25, 0.3) is 0 Å². The lowest BCUT2D eigenvalue weighted by atomic mass is 10.0. The van der Waals surface area contributed by atoms with Gasteiger partial charge in [-0.25, -0.2) is 0 Å². The second kappa shape index (κ2) is 7.74. The van der Waals surface area contributed by atoms with E-state index in [0.29, 0.717) is 13.1 Å². The molecular formula is C17H23N3O. The number of carbonyl (C=O) groups excluding carboxylic acids is 1. The van der Waals surface area contributed by atoms with Gasteiger partial charge in [0.05, 0.1) is 5.52 Å². The molecule has 4 heteroatoms. The summed E-state index contributed by atoms with van der Waals surface area (Å²) in [6.45, 7) is 3.23. The van der Waals surface area contributed by atoms with Crippen LogP contribution >= 0.6 is 0 Å². The molecule has 1 unspecified atom stereocenters. The first-order valence-corrected chi connectivity index (χ1v) is 7.52. The molecule has 4 nitrogen and oxygen atoms in total. The molecule has 0 aliphatic carbocycles. The Morgan fingerprint density at radius 1 is 1.33 bits per heavy atom. The topological polar surface area (TPSA) is 68.0 Å². The number of nitrogens with two attached hydrogens (primary N) is 1. The molecule has 0 radical (unpaired) electrons. The first-order valence-electron chi connectivity index (χ1n) is 7.52. The van der Waals surface area contributed by atoms with Gasteiger partial charge in [0, 0.05) is 24.0 Å². The Morgan fingerprint density at radius 2 is 2.14 bits per heavy atom. The highest BCUT2D eigenvalue weighted by atomic mass is 16.1. The number of nitrogens with one attached hydrogen (secondary N) is 1. The number of fused-ring (bicyclic) bond motifs is 1. The van der Waals surface area contributed by atoms with Crippen molar-refractivity contribution in [2.75, 3.05) is 13.1 Å². The Hall–Kier alpha value is -1.94. The average molecular weight is 285 g/mol. The van der Waals surface area contributed by atoms with Crippen molar-refractivity contribution in [1.29, 1.82) is 0 Å². The van der Waals surface area contributed by atoms with Crippen LogP contribution in [0.5, 0.6) is 0 Å². The molecule has 0 saturated heterocycles. The Labute approximate surface area is 125 Å². The SMILES string of the molecule is CC(CCCN)C(=O)NCCc1cccc2cccnc12. The van der Waals surface area contributed by atoms with Crippen molar-refractivity contribution in [3.05, 3.63) is 42.1 Å². The fraction of sp³-hybridized carbons (Fsp3) is 0.412. The fourth-order valence-corrected chi connectivity index (χ4v) is 2.42. The number of para-hydroxylation sites is 1. The number of aromatic nitrogens is 1. The molecule has 3 N–H and O–H groups in total. The molecule has 1 aromatic carbocycles. The maximum atomic E-state index is 11.9. The minimum atomic E-state index is 0.0270. The van der Waals surface area contributed by atoms with Crippen LogP contribution in [0, 0.1) is 5.92 Å². The van der Waals surface area contributed by atoms with E-state index in [4.69, 9.17) is 5.73 Å². The number of hydrogen-bond acceptors (Lipinski definition) is 3. The Balaban J connectivity index is 1.89. The van der Waals surface area contributed by atoms with Crippen molar-refractivity contribution >= 4 is 16.8 Å². The molecule has 1 heterocycles. The zero-order chi connectivity index (χ0) is 15.1. The van der Waals surface area contributed by atoms with Gasteiger partial charge in [0.15, 0.2) is 0 Å². The third kappa shape index (κ3) is 4.26. The van der Waals surface area contributed by atoms with Crippen molar-refractivity contribution in [1.82, 2.24) is 10.3 Å². The molecule has 1 aromatic heterocycles. The quantitative estimate of drug-likeness (QED) is 0.820. The van der Waals surface area contributed by atoms with Crippen LogP contribution in [0.1, 0.15) is 25.3 Å². The number of benzene rings is 1. The van der Waals surface area contributed by atoms with Crippen molar-refractivity contribution in [3.63, 3.8) is 0 Å². The third-order valence-corrected chi connectivity index (χ3v) is 3.70. The van der Waals surface area contributed by atoms with Crippen LogP contribution in [0.3, 0.4) is 0 Å². The summed E-state index contributed by atoms with van der Waals surface area (Å²) in [6.07, 6.45) is 4.34. The molecule has 0 bridgehead atoms. The first kappa shape index (κ1) is 15.4. The second-order valence-corrected chi connectivity index (χ2v) is 5.37. The van der Waals surface area contributed by atoms with Crippen LogP contribution in [-0.2, 0) is 11.2 Å². The Bertz CT molecular complexity index is 592. The molecule has 1 amide bonds. The smallest absolute Gasteiger partial charge is 0.222 e. The zero-order valence-electron chi connectivity index (χ0n) is 12.5. The van der Waals surface area contributed by atoms with Gasteiger partial charge in [-0.1, -0.05) is 31.2 Å². The number of amides is 1. The first-order chi connectivity index (χ1) is 10.2. The van der Waals surface area contributed by atoms with Crippen molar-refractivity contribution in [3.8, 4) is 0 Å². The maximum absolute atomic E-state index is 11.9. The summed E-state index contributed by atoms with van der Waals surface area (Å²) < 4.78 is 0. The van der Waals surface area contributed by atoms with E-state index in [9.17, 15) is 4.79 Å². The van der Waals surface area contributed by atoms with E-state index in [1.54, 1.807) is 6.20 Å². The number of hydrogen-bond donors (Lipinski definition) is 2. The molecule has 0 spiro atoms. The van der Waals surface area contributed by atoms with Gasteiger partial charge in [-0.15, -0.1) is 0 Å². The fourth-order valence-electron chi connectivity index (χ4n) is 2.42. The highest BCUT2D eigenvalue weighted by molar-refractivity contribution is 5.82. The molecular weight excluding hydrogens is 262 g/mol. The summed E-state index contributed by atoms with van der Waals surface area (Å²) >= 11 is 0. The van der Waals surface area contributed by atoms with Crippen LogP contribution in [-0.4, -0.2) is 24.0 Å². The molecule has 2 rings (SSSR count). The molecule has 1 atom stereocenters. The molecule has 0 aliphatic heterocycles. The normalized spacial score (nSPS) is 12.3. The standard InChI is InChI=1S/C17H23N3O/c1-13(5-3-10-18)17(21)20-12-9-15-7-2-6-14-8-4-11-19-16(14)15/h2,4,6-8,11,13H,3,5,9-10,12,18H2,1H3,(H,20,21). The van der Waals surface area contributed by atoms with Crippen LogP contribution < -0.4 is 11.1 Å². The van der Waals surface area contributed by atoms with E-state index in [1.165, 1.54) is 5.56 Å². The van der Waals surface area contributed by atoms with Crippen molar-refractivity contribution in [2.24, 2.45) is 11.7 Å². The monoisotopic (exact) mass is 285 g/mol. The summed E-state index contributed by atoms with van der Waals surface area (Å²) in [5.74, 6) is 0.135. The average Bonchev–Trinajstić information content (AvgIpc) is 2.52. The van der Waals surface area contributed by atoms with E-state index in [-0.39, 0.29) is 11.8 Å². The van der Waals surface area contributed by atoms with E-state index in [1.807, 2.05) is 19.1 Å². The number of nitrogens with zero attached hydrogens (tertiary/aromatic N) is 1. The van der Waals surface area contributed by atoms with Gasteiger partial charge in [-0.05, 0) is 37.4 Å². The minimum absolute atomic E-state index is 0.0270. The number of rotatable bonds is 7. The highest BCUT2D eigenvalue weighted by Gasteiger charge is 2.11. The van der Waals surface area contributed by atoms with Gasteiger partial charge >= 0.3 is 0 Å².